The largest absolute Gasteiger partial charge is 0.494 e. The lowest BCUT2D eigenvalue weighted by atomic mass is 10.0. The fourth-order valence-corrected chi connectivity index (χ4v) is 2.85. The first-order valence-corrected chi connectivity index (χ1v) is 14.6. The second-order valence-corrected chi connectivity index (χ2v) is 12.0. The minimum atomic E-state index is 0.159. The number of hydrogen-bond donors (Lipinski definition) is 2. The molecule has 0 amide bonds. The van der Waals surface area contributed by atoms with Gasteiger partial charge in [-0.05, 0) is 49.8 Å². The number of ether oxygens (including phenoxy) is 2. The van der Waals surface area contributed by atoms with Crippen molar-refractivity contribution in [2.24, 2.45) is 23.7 Å². The summed E-state index contributed by atoms with van der Waals surface area (Å²) in [5, 5.41) is 6.39. The van der Waals surface area contributed by atoms with E-state index in [1.807, 2.05) is 27.7 Å². The Morgan fingerprint density at radius 3 is 1.79 bits per heavy atom. The van der Waals surface area contributed by atoms with Crippen molar-refractivity contribution in [1.82, 2.24) is 10.6 Å². The number of carbonyl (C=O) groups excluding carboxylic acids is 1. The number of hydrogen-bond acceptors (Lipinski definition) is 5. The maximum absolute atomic E-state index is 11.0. The van der Waals surface area contributed by atoms with E-state index in [2.05, 4.69) is 96.9 Å². The Labute approximate surface area is 236 Å². The Kier molecular flexibility index (Phi) is 23.5. The Bertz CT molecular complexity index is 697. The predicted octanol–water partition coefficient (Wildman–Crippen LogP) is 7.44. The molecule has 2 N–H and O–H groups in total. The van der Waals surface area contributed by atoms with Crippen molar-refractivity contribution in [2.45, 2.75) is 108 Å². The van der Waals surface area contributed by atoms with Crippen molar-refractivity contribution in [3.05, 3.63) is 47.7 Å². The second-order valence-electron chi connectivity index (χ2n) is 12.0. The Morgan fingerprint density at radius 2 is 1.37 bits per heavy atom. The molecule has 0 bridgehead atoms. The molecular weight excluding hydrogens is 472 g/mol. The lowest BCUT2D eigenvalue weighted by molar-refractivity contribution is -0.121. The molecule has 0 radical (unpaired) electrons. The molecule has 1 aromatic rings. The van der Waals surface area contributed by atoms with Gasteiger partial charge in [-0.2, -0.15) is 0 Å². The summed E-state index contributed by atoms with van der Waals surface area (Å²) in [5.74, 6) is 3.12. The molecule has 0 fully saturated rings. The van der Waals surface area contributed by atoms with Crippen LogP contribution < -0.4 is 10.6 Å². The fourth-order valence-electron chi connectivity index (χ4n) is 2.85. The molecule has 0 atom stereocenters. The van der Waals surface area contributed by atoms with Gasteiger partial charge in [-0.15, -0.1) is 0 Å². The van der Waals surface area contributed by atoms with E-state index in [-0.39, 0.29) is 11.7 Å². The van der Waals surface area contributed by atoms with Crippen molar-refractivity contribution < 1.29 is 14.3 Å². The lowest BCUT2D eigenvalue weighted by Crippen LogP contribution is -2.31. The highest BCUT2D eigenvalue weighted by atomic mass is 16.5. The summed E-state index contributed by atoms with van der Waals surface area (Å²) >= 11 is 0. The standard InChI is InChI=1S/C16H24O.C9H21NO.C8H17NO/c1-12(2)10-15-6-8-16(9-7-15)11-17-14(5)13(3)4;1-8(2)7-10-5-6-11-9(3)4;1-6(2)8(10)5-9-7(3)4/h6-9,12-13H,5,10-11H2,1-4H3;8-10H,5-7H2,1-4H3;6-7,9H,5H2,1-4H3. The zero-order valence-electron chi connectivity index (χ0n) is 26.9. The molecule has 0 aromatic heterocycles. The van der Waals surface area contributed by atoms with Crippen LogP contribution in [-0.4, -0.2) is 44.2 Å². The van der Waals surface area contributed by atoms with Gasteiger partial charge in [0, 0.05) is 24.4 Å². The first-order chi connectivity index (χ1) is 17.6. The smallest absolute Gasteiger partial charge is 0.149 e. The topological polar surface area (TPSA) is 59.6 Å². The van der Waals surface area contributed by atoms with Crippen LogP contribution in [0.15, 0.2) is 36.6 Å². The van der Waals surface area contributed by atoms with E-state index in [1.54, 1.807) is 0 Å². The van der Waals surface area contributed by atoms with Crippen LogP contribution >= 0.6 is 0 Å². The van der Waals surface area contributed by atoms with Gasteiger partial charge in [0.05, 0.1) is 25.0 Å². The van der Waals surface area contributed by atoms with Crippen molar-refractivity contribution in [3.63, 3.8) is 0 Å². The minimum absolute atomic E-state index is 0.159. The number of carbonyl (C=O) groups is 1. The molecule has 0 heterocycles. The monoisotopic (exact) mass is 534 g/mol. The minimum Gasteiger partial charge on any atom is -0.494 e. The number of Topliss-reactive ketones (excluding diaryl/α,β-unsaturated/α-hetero) is 1. The van der Waals surface area contributed by atoms with Gasteiger partial charge < -0.3 is 20.1 Å². The van der Waals surface area contributed by atoms with Crippen molar-refractivity contribution in [3.8, 4) is 0 Å². The predicted molar refractivity (Wildman–Crippen MR) is 166 cm³/mol. The van der Waals surface area contributed by atoms with Gasteiger partial charge in [-0.25, -0.2) is 0 Å². The van der Waals surface area contributed by atoms with Crippen LogP contribution in [0, 0.1) is 23.7 Å². The van der Waals surface area contributed by atoms with Crippen LogP contribution in [-0.2, 0) is 27.3 Å². The number of ketones is 1. The highest BCUT2D eigenvalue weighted by Crippen LogP contribution is 2.14. The van der Waals surface area contributed by atoms with Gasteiger partial charge in [0.1, 0.15) is 12.4 Å². The summed E-state index contributed by atoms with van der Waals surface area (Å²) in [6, 6.07) is 9.08. The van der Waals surface area contributed by atoms with Gasteiger partial charge >= 0.3 is 0 Å². The second kappa shape index (κ2) is 23.2. The molecule has 0 unspecified atom stereocenters. The number of benzene rings is 1. The van der Waals surface area contributed by atoms with Crippen LogP contribution in [0.3, 0.4) is 0 Å². The van der Waals surface area contributed by atoms with E-state index in [0.717, 1.165) is 37.8 Å². The average Bonchev–Trinajstić information content (AvgIpc) is 2.81. The van der Waals surface area contributed by atoms with E-state index in [4.69, 9.17) is 9.47 Å². The molecular formula is C33H62N2O3. The molecule has 222 valence electrons. The first kappa shape index (κ1) is 38.5. The van der Waals surface area contributed by atoms with Gasteiger partial charge in [0.25, 0.3) is 0 Å². The quantitative estimate of drug-likeness (QED) is 0.170. The van der Waals surface area contributed by atoms with Gasteiger partial charge in [-0.1, -0.05) is 100 Å². The van der Waals surface area contributed by atoms with E-state index in [9.17, 15) is 4.79 Å². The van der Waals surface area contributed by atoms with Crippen LogP contribution in [0.25, 0.3) is 0 Å². The van der Waals surface area contributed by atoms with Crippen LogP contribution in [0.2, 0.25) is 0 Å². The summed E-state index contributed by atoms with van der Waals surface area (Å²) < 4.78 is 11.0. The summed E-state index contributed by atoms with van der Waals surface area (Å²) in [5.41, 5.74) is 2.60. The van der Waals surface area contributed by atoms with Gasteiger partial charge in [0.15, 0.2) is 0 Å². The molecule has 38 heavy (non-hydrogen) atoms. The molecule has 0 saturated heterocycles. The normalized spacial score (nSPS) is 11.1. The molecule has 1 aromatic carbocycles. The van der Waals surface area contributed by atoms with Crippen LogP contribution in [0.4, 0.5) is 0 Å². The van der Waals surface area contributed by atoms with Crippen LogP contribution in [0.5, 0.6) is 0 Å². The number of rotatable bonds is 16. The average molecular weight is 535 g/mol. The first-order valence-electron chi connectivity index (χ1n) is 14.6. The van der Waals surface area contributed by atoms with Gasteiger partial charge in [-0.3, -0.25) is 4.79 Å². The molecule has 0 aliphatic heterocycles. The molecule has 0 aliphatic carbocycles. The highest BCUT2D eigenvalue weighted by Gasteiger charge is 2.06. The molecule has 1 rings (SSSR count). The van der Waals surface area contributed by atoms with Crippen molar-refractivity contribution in [1.29, 1.82) is 0 Å². The maximum Gasteiger partial charge on any atom is 0.149 e. The van der Waals surface area contributed by atoms with E-state index < -0.39 is 0 Å². The van der Waals surface area contributed by atoms with E-state index >= 15 is 0 Å². The van der Waals surface area contributed by atoms with E-state index in [1.165, 1.54) is 11.1 Å². The zero-order valence-corrected chi connectivity index (χ0v) is 26.9. The van der Waals surface area contributed by atoms with Crippen molar-refractivity contribution >= 4 is 5.78 Å². The summed E-state index contributed by atoms with van der Waals surface area (Å²) in [4.78, 5) is 11.0. The fraction of sp³-hybridized carbons (Fsp3) is 0.727. The Hall–Kier alpha value is -1.69. The molecule has 5 heteroatoms. The molecule has 5 nitrogen and oxygen atoms in total. The third-order valence-corrected chi connectivity index (χ3v) is 5.35. The molecule has 0 aliphatic rings. The third-order valence-electron chi connectivity index (χ3n) is 5.35. The number of nitrogens with one attached hydrogen (secondary N) is 2. The van der Waals surface area contributed by atoms with Crippen molar-refractivity contribution in [2.75, 3.05) is 26.2 Å². The Balaban J connectivity index is 0. The summed E-state index contributed by atoms with van der Waals surface area (Å²) in [7, 11) is 0. The van der Waals surface area contributed by atoms with E-state index in [0.29, 0.717) is 37.1 Å². The lowest BCUT2D eigenvalue weighted by Gasteiger charge is -2.12. The maximum atomic E-state index is 11.0. The third kappa shape index (κ3) is 25.9. The molecule has 0 saturated carbocycles. The molecule has 0 spiro atoms. The highest BCUT2D eigenvalue weighted by molar-refractivity contribution is 5.82. The SMILES string of the molecule is C=C(OCc1ccc(CC(C)C)cc1)C(C)C.CC(C)CNCCOC(C)C.CC(C)NCC(=O)C(C)C. The van der Waals surface area contributed by atoms with Gasteiger partial charge in [0.2, 0.25) is 0 Å². The zero-order chi connectivity index (χ0) is 29.7. The van der Waals surface area contributed by atoms with Crippen LogP contribution in [0.1, 0.15) is 94.2 Å². The number of allylic oxidation sites excluding steroid dienone is 1. The Morgan fingerprint density at radius 1 is 0.816 bits per heavy atom. The summed E-state index contributed by atoms with van der Waals surface area (Å²) in [6.07, 6.45) is 1.50. The summed E-state index contributed by atoms with van der Waals surface area (Å²) in [6.45, 7) is 33.0.